The van der Waals surface area contributed by atoms with E-state index in [-0.39, 0.29) is 0 Å². The van der Waals surface area contributed by atoms with Gasteiger partial charge in [-0.2, -0.15) is 5.10 Å². The highest BCUT2D eigenvalue weighted by Crippen LogP contribution is 2.29. The van der Waals surface area contributed by atoms with E-state index < -0.39 is 0 Å². The number of halogens is 1. The molecule has 1 atom stereocenters. The van der Waals surface area contributed by atoms with Gasteiger partial charge in [0, 0.05) is 17.4 Å². The molecule has 1 aromatic heterocycles. The molecule has 2 nitrogen and oxygen atoms in total. The van der Waals surface area contributed by atoms with Crippen molar-refractivity contribution in [1.29, 1.82) is 0 Å². The number of aromatic nitrogens is 2. The summed E-state index contributed by atoms with van der Waals surface area (Å²) in [5.41, 5.74) is 3.54. The Morgan fingerprint density at radius 2 is 2.31 bits per heavy atom. The first-order chi connectivity index (χ1) is 7.76. The van der Waals surface area contributed by atoms with Crippen molar-refractivity contribution < 1.29 is 0 Å². The maximum atomic E-state index is 4.35. The lowest BCUT2D eigenvalue weighted by Gasteiger charge is -2.01. The number of rotatable bonds is 1. The van der Waals surface area contributed by atoms with Gasteiger partial charge in [-0.15, -0.1) is 0 Å². The molecule has 2 rings (SSSR count). The van der Waals surface area contributed by atoms with Gasteiger partial charge in [0.25, 0.3) is 0 Å². The van der Waals surface area contributed by atoms with Gasteiger partial charge >= 0.3 is 0 Å². The third-order valence-electron chi connectivity index (χ3n) is 2.39. The second-order valence-electron chi connectivity index (χ2n) is 3.52. The fraction of sp³-hybridized carbons (Fsp3) is 0.250. The van der Waals surface area contributed by atoms with Gasteiger partial charge in [0.2, 0.25) is 0 Å². The predicted octanol–water partition coefficient (Wildman–Crippen LogP) is 3.90. The molecule has 0 N–H and O–H groups in total. The van der Waals surface area contributed by atoms with E-state index in [0.29, 0.717) is 6.37 Å². The van der Waals surface area contributed by atoms with Crippen molar-refractivity contribution in [2.75, 3.05) is 0 Å². The highest BCUT2D eigenvalue weighted by molar-refractivity contribution is 14.2. The Balaban J connectivity index is 2.59. The van der Waals surface area contributed by atoms with Crippen molar-refractivity contribution in [1.82, 2.24) is 9.55 Å². The molecule has 16 heavy (non-hydrogen) atoms. The summed E-state index contributed by atoms with van der Waals surface area (Å²) < 4.78 is 2.03. The van der Waals surface area contributed by atoms with Gasteiger partial charge in [0.1, 0.15) is 0 Å². The smallest absolute Gasteiger partial charge is 0.0732 e. The quantitative estimate of drug-likeness (QED) is 0.437. The highest BCUT2D eigenvalue weighted by atomic mass is 127. The Bertz CT molecular complexity index is 578. The zero-order chi connectivity index (χ0) is 11.5. The molecule has 2 aromatic rings. The van der Waals surface area contributed by atoms with Gasteiger partial charge in [-0.1, -0.05) is 18.8 Å². The van der Waals surface area contributed by atoms with Gasteiger partial charge in [-0.05, 0) is 46.7 Å². The van der Waals surface area contributed by atoms with E-state index in [1.54, 1.807) is 0 Å². The van der Waals surface area contributed by atoms with E-state index >= 15 is 0 Å². The largest absolute Gasteiger partial charge is 0.237 e. The maximum Gasteiger partial charge on any atom is 0.0732 e. The minimum Gasteiger partial charge on any atom is -0.237 e. The lowest BCUT2D eigenvalue weighted by Crippen LogP contribution is -1.86. The topological polar surface area (TPSA) is 17.8 Å². The van der Waals surface area contributed by atoms with Crippen LogP contribution in [0.5, 0.6) is 0 Å². The molecule has 0 bridgehead atoms. The number of fused-ring (bicyclic) bond motifs is 1. The normalized spacial score (nSPS) is 10.9. The van der Waals surface area contributed by atoms with Gasteiger partial charge in [-0.3, -0.25) is 0 Å². The monoisotopic (exact) mass is 342 g/mol. The van der Waals surface area contributed by atoms with E-state index in [2.05, 4.69) is 65.0 Å². The fourth-order valence-corrected chi connectivity index (χ4v) is 3.10. The molecule has 82 valence electrons. The van der Waals surface area contributed by atoms with Crippen molar-refractivity contribution in [2.45, 2.75) is 20.3 Å². The highest BCUT2D eigenvalue weighted by Gasteiger charge is 2.04. The minimum atomic E-state index is 0.642. The molecule has 0 spiro atoms. The average Bonchev–Trinajstić information content (AvgIpc) is 2.68. The Morgan fingerprint density at radius 3 is 3.00 bits per heavy atom. The van der Waals surface area contributed by atoms with E-state index in [4.69, 9.17) is 0 Å². The number of aryl methyl sites for hydroxylation is 1. The van der Waals surface area contributed by atoms with Gasteiger partial charge < -0.3 is 0 Å². The van der Waals surface area contributed by atoms with Crippen LogP contribution >= 0.6 is 28.4 Å². The van der Waals surface area contributed by atoms with E-state index in [0.717, 1.165) is 12.0 Å². The molecule has 0 aliphatic heterocycles. The van der Waals surface area contributed by atoms with Crippen LogP contribution in [-0.4, -0.2) is 9.55 Å². The van der Waals surface area contributed by atoms with Crippen LogP contribution in [0.2, 0.25) is 0 Å². The van der Waals surface area contributed by atoms with Crippen molar-refractivity contribution in [3.05, 3.63) is 29.5 Å². The molecule has 0 aliphatic carbocycles. The molecule has 1 heterocycles. The molecule has 0 fully saturated rings. The molecule has 4 heteroatoms. The summed E-state index contributed by atoms with van der Waals surface area (Å²) in [6.45, 7) is 4.17. The summed E-state index contributed by atoms with van der Waals surface area (Å²) in [6.07, 6.45) is 3.45. The zero-order valence-electron chi connectivity index (χ0n) is 9.21. The zero-order valence-corrected chi connectivity index (χ0v) is 12.4. The summed E-state index contributed by atoms with van der Waals surface area (Å²) in [6, 6.07) is 4.31. The second-order valence-corrected chi connectivity index (χ2v) is 5.56. The number of benzene rings is 1. The molecule has 1 unspecified atom stereocenters. The first-order valence-corrected chi connectivity index (χ1v) is 9.16. The number of nitrogens with zero attached hydrogens (tertiary/aromatic N) is 2. The summed E-state index contributed by atoms with van der Waals surface area (Å²) in [7, 11) is 0. The third-order valence-corrected chi connectivity index (χ3v) is 4.28. The summed E-state index contributed by atoms with van der Waals surface area (Å²) >= 11 is 2.34. The van der Waals surface area contributed by atoms with Gasteiger partial charge in [0.05, 0.1) is 18.1 Å². The van der Waals surface area contributed by atoms with Crippen molar-refractivity contribution in [3.8, 4) is 11.8 Å². The van der Waals surface area contributed by atoms with Crippen molar-refractivity contribution >= 4 is 39.3 Å². The Hall–Kier alpha value is -0.590. The minimum absolute atomic E-state index is 0.642. The van der Waals surface area contributed by atoms with E-state index in [9.17, 15) is 0 Å². The standard InChI is InChI=1S/C12H12IN2P/c1-3-4-5-10-7-11-8-14-15(16-13)12(11)6-9(10)2/h6-8,16H,3H2,1-2H3. The fourth-order valence-electron chi connectivity index (χ4n) is 1.56. The first-order valence-electron chi connectivity index (χ1n) is 5.10. The first kappa shape index (κ1) is 11.9. The molecule has 0 saturated heterocycles. The second kappa shape index (κ2) is 5.16. The predicted molar refractivity (Wildman–Crippen MR) is 79.4 cm³/mol. The van der Waals surface area contributed by atoms with Crippen LogP contribution in [0.4, 0.5) is 0 Å². The van der Waals surface area contributed by atoms with Crippen LogP contribution in [0.1, 0.15) is 24.5 Å². The summed E-state index contributed by atoms with van der Waals surface area (Å²) in [5, 5.41) is 5.53. The van der Waals surface area contributed by atoms with Crippen molar-refractivity contribution in [2.24, 2.45) is 0 Å². The Kier molecular flexibility index (Phi) is 3.83. The molecule has 0 saturated carbocycles. The molecule has 1 aromatic carbocycles. The van der Waals surface area contributed by atoms with Crippen LogP contribution < -0.4 is 0 Å². The molecular weight excluding hydrogens is 330 g/mol. The van der Waals surface area contributed by atoms with Crippen LogP contribution in [0, 0.1) is 18.8 Å². The van der Waals surface area contributed by atoms with Gasteiger partial charge in [-0.25, -0.2) is 4.45 Å². The lowest BCUT2D eigenvalue weighted by molar-refractivity contribution is 1.04. The molecule has 0 amide bonds. The summed E-state index contributed by atoms with van der Waals surface area (Å²) in [5.74, 6) is 6.31. The summed E-state index contributed by atoms with van der Waals surface area (Å²) in [4.78, 5) is 0. The van der Waals surface area contributed by atoms with Crippen LogP contribution in [0.15, 0.2) is 18.3 Å². The van der Waals surface area contributed by atoms with E-state index in [1.165, 1.54) is 16.5 Å². The number of hydrogen-bond donors (Lipinski definition) is 0. The Labute approximate surface area is 110 Å². The van der Waals surface area contributed by atoms with Crippen LogP contribution in [0.3, 0.4) is 0 Å². The maximum absolute atomic E-state index is 4.35. The van der Waals surface area contributed by atoms with Crippen LogP contribution in [-0.2, 0) is 0 Å². The molecule has 0 radical (unpaired) electrons. The number of hydrogen-bond acceptors (Lipinski definition) is 1. The van der Waals surface area contributed by atoms with Gasteiger partial charge in [0.15, 0.2) is 0 Å². The Morgan fingerprint density at radius 1 is 1.50 bits per heavy atom. The lowest BCUT2D eigenvalue weighted by atomic mass is 10.1. The third kappa shape index (κ3) is 2.23. The van der Waals surface area contributed by atoms with Crippen molar-refractivity contribution in [3.63, 3.8) is 0 Å². The molecule has 0 aliphatic rings. The van der Waals surface area contributed by atoms with E-state index in [1.807, 2.05) is 10.6 Å². The van der Waals surface area contributed by atoms with Crippen LogP contribution in [0.25, 0.3) is 10.9 Å². The SMILES string of the molecule is CCC#Cc1cc2cnn(PI)c2cc1C. The average molecular weight is 342 g/mol. The molecular formula is C12H12IN2P.